The molecule has 1 aliphatic carbocycles. The second-order valence-corrected chi connectivity index (χ2v) is 7.03. The minimum atomic E-state index is -0.549. The molecular weight excluding hydrogens is 320 g/mol. The first-order valence-corrected chi connectivity index (χ1v) is 9.52. The summed E-state index contributed by atoms with van der Waals surface area (Å²) in [5.74, 6) is -0.224. The van der Waals surface area contributed by atoms with Crippen LogP contribution in [-0.2, 0) is 0 Å². The molecule has 138 valence electrons. The van der Waals surface area contributed by atoms with Crippen molar-refractivity contribution in [2.24, 2.45) is 5.10 Å². The van der Waals surface area contributed by atoms with E-state index in [0.29, 0.717) is 12.1 Å². The predicted molar refractivity (Wildman–Crippen MR) is 97.4 cm³/mol. The van der Waals surface area contributed by atoms with Crippen molar-refractivity contribution in [1.82, 2.24) is 14.6 Å². The van der Waals surface area contributed by atoms with Crippen LogP contribution in [0.25, 0.3) is 0 Å². The van der Waals surface area contributed by atoms with Crippen LogP contribution in [0.15, 0.2) is 14.7 Å². The summed E-state index contributed by atoms with van der Waals surface area (Å²) in [6.07, 6.45) is 8.82. The quantitative estimate of drug-likeness (QED) is 0.817. The zero-order valence-electron chi connectivity index (χ0n) is 15.0. The molecule has 1 aromatic heterocycles. The van der Waals surface area contributed by atoms with Crippen molar-refractivity contribution < 1.29 is 5.11 Å². The van der Waals surface area contributed by atoms with Gasteiger partial charge in [0.1, 0.15) is 5.56 Å². The zero-order valence-corrected chi connectivity index (χ0v) is 15.0. The second-order valence-electron chi connectivity index (χ2n) is 7.03. The first-order valence-electron chi connectivity index (χ1n) is 9.52. The zero-order chi connectivity index (χ0) is 17.8. The molecule has 0 amide bonds. The number of aromatic hydroxyl groups is 1. The number of nitrogens with one attached hydrogen (secondary N) is 1. The van der Waals surface area contributed by atoms with Gasteiger partial charge in [0.15, 0.2) is 0 Å². The Morgan fingerprint density at radius 2 is 1.76 bits per heavy atom. The number of nitrogens with zero attached hydrogens (tertiary/aromatic N) is 3. The highest BCUT2D eigenvalue weighted by Crippen LogP contribution is 2.30. The van der Waals surface area contributed by atoms with Gasteiger partial charge >= 0.3 is 5.69 Å². The van der Waals surface area contributed by atoms with Crippen LogP contribution in [0.2, 0.25) is 0 Å². The molecule has 25 heavy (non-hydrogen) atoms. The molecular formula is C18H28N4O3. The third-order valence-corrected chi connectivity index (χ3v) is 5.28. The van der Waals surface area contributed by atoms with Crippen molar-refractivity contribution >= 4 is 5.71 Å². The van der Waals surface area contributed by atoms with E-state index >= 15 is 0 Å². The van der Waals surface area contributed by atoms with Crippen molar-refractivity contribution in [3.05, 3.63) is 26.4 Å². The molecule has 7 nitrogen and oxygen atoms in total. The molecule has 2 N–H and O–H groups in total. The average molecular weight is 348 g/mol. The van der Waals surface area contributed by atoms with Gasteiger partial charge in [0, 0.05) is 19.1 Å². The summed E-state index contributed by atoms with van der Waals surface area (Å²) in [5.41, 5.74) is -0.373. The molecule has 1 aliphatic heterocycles. The molecule has 0 unspecified atom stereocenters. The van der Waals surface area contributed by atoms with Crippen LogP contribution >= 0.6 is 0 Å². The van der Waals surface area contributed by atoms with Crippen molar-refractivity contribution in [3.63, 3.8) is 0 Å². The number of hydrazone groups is 1. The normalized spacial score (nSPS) is 20.0. The van der Waals surface area contributed by atoms with Gasteiger partial charge in [0.25, 0.3) is 5.56 Å². The first kappa shape index (κ1) is 17.8. The lowest BCUT2D eigenvalue weighted by Crippen LogP contribution is -2.37. The topological polar surface area (TPSA) is 90.7 Å². The predicted octanol–water partition coefficient (Wildman–Crippen LogP) is 2.35. The number of piperidine rings is 1. The molecule has 3 rings (SSSR count). The van der Waals surface area contributed by atoms with Crippen molar-refractivity contribution in [2.75, 3.05) is 13.1 Å². The number of rotatable bonds is 4. The molecule has 1 saturated heterocycles. The Bertz CT molecular complexity index is 738. The Morgan fingerprint density at radius 3 is 2.40 bits per heavy atom. The Kier molecular flexibility index (Phi) is 5.60. The lowest BCUT2D eigenvalue weighted by atomic mass is 9.95. The minimum Gasteiger partial charge on any atom is -0.494 e. The molecule has 0 atom stereocenters. The SMILES string of the molecule is CCC(=NN1CCCCC1)c1c(O)n(C2CCCCC2)c(=O)[nH]c1=O. The van der Waals surface area contributed by atoms with E-state index in [9.17, 15) is 14.7 Å². The number of aromatic amines is 1. The molecule has 0 radical (unpaired) electrons. The molecule has 1 aromatic rings. The Morgan fingerprint density at radius 1 is 1.12 bits per heavy atom. The lowest BCUT2D eigenvalue weighted by molar-refractivity contribution is 0.238. The third kappa shape index (κ3) is 3.80. The summed E-state index contributed by atoms with van der Waals surface area (Å²) >= 11 is 0. The van der Waals surface area contributed by atoms with Gasteiger partial charge in [-0.25, -0.2) is 4.79 Å². The van der Waals surface area contributed by atoms with Crippen LogP contribution in [0.4, 0.5) is 0 Å². The maximum Gasteiger partial charge on any atom is 0.331 e. The average Bonchev–Trinajstić information content (AvgIpc) is 2.62. The van der Waals surface area contributed by atoms with Crippen LogP contribution in [0, 0.1) is 0 Å². The monoisotopic (exact) mass is 348 g/mol. The highest BCUT2D eigenvalue weighted by atomic mass is 16.3. The number of hydrogen-bond donors (Lipinski definition) is 2. The molecule has 0 spiro atoms. The fourth-order valence-electron chi connectivity index (χ4n) is 3.92. The summed E-state index contributed by atoms with van der Waals surface area (Å²) in [7, 11) is 0. The standard InChI is InChI=1S/C18H28N4O3/c1-2-14(20-21-11-7-4-8-12-21)15-16(23)19-18(25)22(17(15)24)13-9-5-3-6-10-13/h13,24H,2-12H2,1H3,(H,19,23,25). The minimum absolute atomic E-state index is 0.0510. The third-order valence-electron chi connectivity index (χ3n) is 5.28. The summed E-state index contributed by atoms with van der Waals surface area (Å²) < 4.78 is 1.37. The molecule has 0 aromatic carbocycles. The van der Waals surface area contributed by atoms with E-state index in [1.165, 1.54) is 11.0 Å². The molecule has 2 aliphatic rings. The van der Waals surface area contributed by atoms with Crippen LogP contribution < -0.4 is 11.2 Å². The number of aromatic nitrogens is 2. The van der Waals surface area contributed by atoms with Crippen LogP contribution in [0.3, 0.4) is 0 Å². The van der Waals surface area contributed by atoms with Gasteiger partial charge < -0.3 is 5.11 Å². The van der Waals surface area contributed by atoms with Crippen LogP contribution in [0.1, 0.15) is 76.3 Å². The molecule has 2 heterocycles. The Balaban J connectivity index is 2.03. The first-order chi connectivity index (χ1) is 12.1. The van der Waals surface area contributed by atoms with E-state index in [2.05, 4.69) is 10.1 Å². The van der Waals surface area contributed by atoms with E-state index < -0.39 is 11.2 Å². The fourth-order valence-corrected chi connectivity index (χ4v) is 3.92. The van der Waals surface area contributed by atoms with E-state index in [1.807, 2.05) is 11.9 Å². The second kappa shape index (κ2) is 7.89. The maximum absolute atomic E-state index is 12.4. The highest BCUT2D eigenvalue weighted by molar-refractivity contribution is 6.01. The summed E-state index contributed by atoms with van der Waals surface area (Å²) in [5, 5.41) is 17.4. The van der Waals surface area contributed by atoms with Crippen LogP contribution in [0.5, 0.6) is 5.88 Å². The molecule has 0 bridgehead atoms. The smallest absolute Gasteiger partial charge is 0.331 e. The van der Waals surface area contributed by atoms with Crippen LogP contribution in [-0.4, -0.2) is 38.5 Å². The van der Waals surface area contributed by atoms with E-state index in [-0.39, 0.29) is 17.5 Å². The van der Waals surface area contributed by atoms with Gasteiger partial charge in [-0.05, 0) is 38.5 Å². The Hall–Kier alpha value is -2.05. The van der Waals surface area contributed by atoms with Gasteiger partial charge in [0.05, 0.1) is 5.71 Å². The lowest BCUT2D eigenvalue weighted by Gasteiger charge is -2.26. The molecule has 7 heteroatoms. The van der Waals surface area contributed by atoms with Crippen molar-refractivity contribution in [2.45, 2.75) is 70.8 Å². The van der Waals surface area contributed by atoms with Gasteiger partial charge in [-0.1, -0.05) is 26.2 Å². The van der Waals surface area contributed by atoms with Gasteiger partial charge in [-0.3, -0.25) is 19.4 Å². The number of hydrogen-bond acceptors (Lipinski definition) is 5. The summed E-state index contributed by atoms with van der Waals surface area (Å²) in [6.45, 7) is 3.65. The number of H-pyrrole nitrogens is 1. The largest absolute Gasteiger partial charge is 0.494 e. The van der Waals surface area contributed by atoms with E-state index in [1.54, 1.807) is 0 Å². The van der Waals surface area contributed by atoms with E-state index in [0.717, 1.165) is 58.0 Å². The van der Waals surface area contributed by atoms with Gasteiger partial charge in [-0.2, -0.15) is 5.10 Å². The molecule has 2 fully saturated rings. The fraction of sp³-hybridized carbons (Fsp3) is 0.722. The summed E-state index contributed by atoms with van der Waals surface area (Å²) in [6, 6.07) is -0.0510. The van der Waals surface area contributed by atoms with Gasteiger partial charge in [0.2, 0.25) is 5.88 Å². The van der Waals surface area contributed by atoms with E-state index in [4.69, 9.17) is 0 Å². The Labute approximate surface area is 147 Å². The van der Waals surface area contributed by atoms with Crippen molar-refractivity contribution in [1.29, 1.82) is 0 Å². The van der Waals surface area contributed by atoms with Gasteiger partial charge in [-0.15, -0.1) is 0 Å². The van der Waals surface area contributed by atoms with Crippen molar-refractivity contribution in [3.8, 4) is 5.88 Å². The highest BCUT2D eigenvalue weighted by Gasteiger charge is 2.25. The molecule has 1 saturated carbocycles. The summed E-state index contributed by atoms with van der Waals surface area (Å²) in [4.78, 5) is 27.1. The maximum atomic E-state index is 12.4.